The van der Waals surface area contributed by atoms with Crippen molar-refractivity contribution in [2.24, 2.45) is 0 Å². The Balaban J connectivity index is 2.05. The highest BCUT2D eigenvalue weighted by Crippen LogP contribution is 2.27. The van der Waals surface area contributed by atoms with Crippen LogP contribution in [-0.2, 0) is 19.7 Å². The minimum absolute atomic E-state index is 0.0252. The number of carbonyl (C=O) groups excluding carboxylic acids is 2. The van der Waals surface area contributed by atoms with E-state index in [0.717, 1.165) is 16.7 Å². The molecule has 1 aromatic rings. The summed E-state index contributed by atoms with van der Waals surface area (Å²) in [5.41, 5.74) is 0.324. The number of anilines is 2. The van der Waals surface area contributed by atoms with Gasteiger partial charge in [-0.05, 0) is 18.2 Å². The van der Waals surface area contributed by atoms with Gasteiger partial charge in [-0.25, -0.2) is 13.9 Å². The highest BCUT2D eigenvalue weighted by Gasteiger charge is 2.32. The largest absolute Gasteiger partial charge is 0.442 e. The van der Waals surface area contributed by atoms with Crippen LogP contribution in [-0.4, -0.2) is 77.4 Å². The molecule has 1 aromatic carbocycles. The lowest BCUT2D eigenvalue weighted by molar-refractivity contribution is -0.119. The molecule has 1 saturated heterocycles. The third-order valence-electron chi connectivity index (χ3n) is 4.28. The van der Waals surface area contributed by atoms with Gasteiger partial charge in [0.1, 0.15) is 11.9 Å². The molecular weight excluding hydrogens is 419 g/mol. The standard InChI is InChI=1S/C17H25FN6O5S/c1-12(25)20-9-14-10-24(17(26)29-14)13-4-5-16(15(18)8-13)23(11-19)7-6-21-30(27,28)22(2)3/h4-5,8,11,14,19,21H,6-7,9-10H2,1-3H3,(H,20,25). The average molecular weight is 444 g/mol. The first-order valence-corrected chi connectivity index (χ1v) is 10.5. The van der Waals surface area contributed by atoms with Gasteiger partial charge in [0.15, 0.2) is 0 Å². The minimum Gasteiger partial charge on any atom is -0.442 e. The molecule has 13 heteroatoms. The van der Waals surface area contributed by atoms with E-state index in [2.05, 4.69) is 10.0 Å². The Labute approximate surface area is 174 Å². The van der Waals surface area contributed by atoms with Gasteiger partial charge in [-0.1, -0.05) is 0 Å². The lowest BCUT2D eigenvalue weighted by atomic mass is 10.2. The molecule has 0 bridgehead atoms. The minimum atomic E-state index is -3.63. The lowest BCUT2D eigenvalue weighted by Gasteiger charge is -2.22. The molecule has 11 nitrogen and oxygen atoms in total. The number of benzene rings is 1. The smallest absolute Gasteiger partial charge is 0.414 e. The number of halogens is 1. The second-order valence-electron chi connectivity index (χ2n) is 6.69. The van der Waals surface area contributed by atoms with Crippen LogP contribution in [0.5, 0.6) is 0 Å². The summed E-state index contributed by atoms with van der Waals surface area (Å²) >= 11 is 0. The molecule has 0 saturated carbocycles. The summed E-state index contributed by atoms with van der Waals surface area (Å²) in [4.78, 5) is 25.5. The van der Waals surface area contributed by atoms with E-state index < -0.39 is 28.2 Å². The molecule has 1 atom stereocenters. The topological polar surface area (TPSA) is 135 Å². The maximum atomic E-state index is 14.7. The number of nitrogens with one attached hydrogen (secondary N) is 3. The van der Waals surface area contributed by atoms with E-state index in [9.17, 15) is 22.4 Å². The molecule has 0 aliphatic carbocycles. The highest BCUT2D eigenvalue weighted by molar-refractivity contribution is 7.87. The summed E-state index contributed by atoms with van der Waals surface area (Å²) < 4.78 is 46.6. The Morgan fingerprint density at radius 3 is 2.70 bits per heavy atom. The summed E-state index contributed by atoms with van der Waals surface area (Å²) in [6.07, 6.45) is -0.318. The predicted octanol–water partition coefficient (Wildman–Crippen LogP) is 0.0965. The van der Waals surface area contributed by atoms with Crippen molar-refractivity contribution >= 4 is 39.9 Å². The Hall–Kier alpha value is -2.77. The van der Waals surface area contributed by atoms with Gasteiger partial charge < -0.3 is 15.0 Å². The number of hydrogen-bond acceptors (Lipinski definition) is 6. The molecule has 1 unspecified atom stereocenters. The van der Waals surface area contributed by atoms with E-state index in [1.54, 1.807) is 0 Å². The zero-order chi connectivity index (χ0) is 22.5. The third kappa shape index (κ3) is 5.87. The molecule has 0 aromatic heterocycles. The summed E-state index contributed by atoms with van der Waals surface area (Å²) in [5.74, 6) is -0.941. The van der Waals surface area contributed by atoms with Gasteiger partial charge >= 0.3 is 6.09 Å². The predicted molar refractivity (Wildman–Crippen MR) is 109 cm³/mol. The maximum Gasteiger partial charge on any atom is 0.414 e. The van der Waals surface area contributed by atoms with Gasteiger partial charge in [-0.3, -0.25) is 15.1 Å². The Morgan fingerprint density at radius 1 is 1.43 bits per heavy atom. The van der Waals surface area contributed by atoms with Crippen molar-refractivity contribution in [2.45, 2.75) is 13.0 Å². The van der Waals surface area contributed by atoms with Crippen LogP contribution < -0.4 is 19.8 Å². The van der Waals surface area contributed by atoms with Gasteiger partial charge in [0.2, 0.25) is 5.91 Å². The number of amides is 2. The molecule has 1 aliphatic heterocycles. The Morgan fingerprint density at radius 2 is 2.13 bits per heavy atom. The summed E-state index contributed by atoms with van der Waals surface area (Å²) in [5, 5.41) is 10.1. The quantitative estimate of drug-likeness (QED) is 0.346. The van der Waals surface area contributed by atoms with Gasteiger partial charge in [0, 0.05) is 34.1 Å². The van der Waals surface area contributed by atoms with Crippen molar-refractivity contribution in [1.82, 2.24) is 14.3 Å². The van der Waals surface area contributed by atoms with Crippen molar-refractivity contribution < 1.29 is 27.1 Å². The van der Waals surface area contributed by atoms with E-state index in [-0.39, 0.29) is 43.5 Å². The van der Waals surface area contributed by atoms with Crippen LogP contribution in [0.25, 0.3) is 0 Å². The Bertz CT molecular complexity index is 910. The second kappa shape index (κ2) is 9.82. The van der Waals surface area contributed by atoms with Crippen LogP contribution >= 0.6 is 0 Å². The van der Waals surface area contributed by atoms with E-state index in [4.69, 9.17) is 10.1 Å². The molecule has 2 rings (SSSR count). The zero-order valence-electron chi connectivity index (χ0n) is 16.9. The van der Waals surface area contributed by atoms with Crippen LogP contribution in [0, 0.1) is 11.2 Å². The van der Waals surface area contributed by atoms with Gasteiger partial charge in [-0.2, -0.15) is 12.7 Å². The fourth-order valence-electron chi connectivity index (χ4n) is 2.67. The number of cyclic esters (lactones) is 1. The second-order valence-corrected chi connectivity index (χ2v) is 8.66. The maximum absolute atomic E-state index is 14.7. The summed E-state index contributed by atoms with van der Waals surface area (Å²) in [6.45, 7) is 1.64. The van der Waals surface area contributed by atoms with Crippen molar-refractivity contribution in [3.05, 3.63) is 24.0 Å². The molecular formula is C17H25FN6O5S. The van der Waals surface area contributed by atoms with Crippen LogP contribution in [0.4, 0.5) is 20.6 Å². The number of nitrogens with zero attached hydrogens (tertiary/aromatic N) is 3. The highest BCUT2D eigenvalue weighted by atomic mass is 32.2. The number of hydrogen-bond donors (Lipinski definition) is 3. The number of carbonyl (C=O) groups is 2. The third-order valence-corrected chi connectivity index (χ3v) is 5.81. The first-order valence-electron chi connectivity index (χ1n) is 9.01. The van der Waals surface area contributed by atoms with Gasteiger partial charge in [-0.15, -0.1) is 0 Å². The fraction of sp³-hybridized carbons (Fsp3) is 0.471. The molecule has 1 aliphatic rings. The van der Waals surface area contributed by atoms with E-state index >= 15 is 0 Å². The van der Waals surface area contributed by atoms with Gasteiger partial charge in [0.25, 0.3) is 10.2 Å². The zero-order valence-corrected chi connectivity index (χ0v) is 17.7. The van der Waals surface area contributed by atoms with E-state index in [1.165, 1.54) is 43.0 Å². The van der Waals surface area contributed by atoms with Crippen molar-refractivity contribution in [1.29, 1.82) is 5.41 Å². The first kappa shape index (κ1) is 23.5. The van der Waals surface area contributed by atoms with Crippen LogP contribution in [0.3, 0.4) is 0 Å². The average Bonchev–Trinajstić information content (AvgIpc) is 3.04. The molecule has 0 radical (unpaired) electrons. The first-order chi connectivity index (χ1) is 14.0. The number of ether oxygens (including phenoxy) is 1. The molecule has 166 valence electrons. The van der Waals surface area contributed by atoms with E-state index in [0.29, 0.717) is 0 Å². The fourth-order valence-corrected chi connectivity index (χ4v) is 3.28. The Kier molecular flexibility index (Phi) is 7.70. The van der Waals surface area contributed by atoms with Crippen molar-refractivity contribution in [2.75, 3.05) is 50.1 Å². The lowest BCUT2D eigenvalue weighted by Crippen LogP contribution is -2.40. The van der Waals surface area contributed by atoms with Gasteiger partial charge in [0.05, 0.1) is 30.8 Å². The van der Waals surface area contributed by atoms with E-state index in [1.807, 2.05) is 0 Å². The normalized spacial score (nSPS) is 16.5. The molecule has 0 spiro atoms. The van der Waals surface area contributed by atoms with Crippen LogP contribution in [0.15, 0.2) is 18.2 Å². The summed E-state index contributed by atoms with van der Waals surface area (Å²) in [6, 6.07) is 4.03. The monoisotopic (exact) mass is 444 g/mol. The van der Waals surface area contributed by atoms with Crippen LogP contribution in [0.1, 0.15) is 6.92 Å². The molecule has 30 heavy (non-hydrogen) atoms. The molecule has 1 heterocycles. The molecule has 1 fully saturated rings. The van der Waals surface area contributed by atoms with Crippen molar-refractivity contribution in [3.63, 3.8) is 0 Å². The van der Waals surface area contributed by atoms with Crippen molar-refractivity contribution in [3.8, 4) is 0 Å². The van der Waals surface area contributed by atoms with Crippen LogP contribution in [0.2, 0.25) is 0 Å². The summed E-state index contributed by atoms with van der Waals surface area (Å²) in [7, 11) is -0.882. The molecule has 2 amide bonds. The number of rotatable bonds is 10. The molecule has 3 N–H and O–H groups in total. The SMILES string of the molecule is CC(=O)NCC1CN(c2ccc(N(C=N)CCNS(=O)(=O)N(C)C)c(F)c2)C(=O)O1.